The monoisotopic (exact) mass is 634 g/mol. The lowest BCUT2D eigenvalue weighted by Gasteiger charge is -2.31. The molecule has 0 aliphatic heterocycles. The summed E-state index contributed by atoms with van der Waals surface area (Å²) in [7, 11) is 0. The zero-order chi connectivity index (χ0) is 33.7. The second-order valence-electron chi connectivity index (χ2n) is 14.1. The Hall–Kier alpha value is -2.78. The largest absolute Gasteiger partial charge is 0.507 e. The molecule has 46 heavy (non-hydrogen) atoms. The van der Waals surface area contributed by atoms with E-state index in [1.165, 1.54) is 11.1 Å². The van der Waals surface area contributed by atoms with Gasteiger partial charge in [-0.3, -0.25) is 9.98 Å². The molecule has 1 aliphatic rings. The van der Waals surface area contributed by atoms with Crippen LogP contribution in [0.25, 0.3) is 0 Å². The summed E-state index contributed by atoms with van der Waals surface area (Å²) < 4.78 is 0. The molecule has 0 aromatic heterocycles. The van der Waals surface area contributed by atoms with Crippen LogP contribution in [-0.4, -0.2) is 60.9 Å². The van der Waals surface area contributed by atoms with Crippen molar-refractivity contribution in [2.75, 3.05) is 26.2 Å². The van der Waals surface area contributed by atoms with E-state index in [1.807, 2.05) is 26.3 Å². The standard InChI is InChI=1S/C38H62N6O2/c1-27-21-31(37(3,13-7-17-39)14-8-18-40)23-29(35(27)45)25-43-33-11-5-6-12-34(33)44-26-30-24-32(22-28(2)36(30)46)38(4,15-9-19-41)16-10-20-42/h21-26,33-34,45-46H,5-20,39-42H2,1-4H3/t33-,34-/m1/s1. The summed E-state index contributed by atoms with van der Waals surface area (Å²) in [6.45, 7) is 11.1. The maximum absolute atomic E-state index is 11.0. The van der Waals surface area contributed by atoms with E-state index in [0.717, 1.165) is 99.3 Å². The van der Waals surface area contributed by atoms with Crippen molar-refractivity contribution in [1.82, 2.24) is 0 Å². The van der Waals surface area contributed by atoms with Crippen LogP contribution in [0.1, 0.15) is 124 Å². The smallest absolute Gasteiger partial charge is 0.127 e. The van der Waals surface area contributed by atoms with E-state index in [-0.39, 0.29) is 34.4 Å². The molecular weight excluding hydrogens is 572 g/mol. The first-order valence-corrected chi connectivity index (χ1v) is 17.6. The number of phenols is 2. The summed E-state index contributed by atoms with van der Waals surface area (Å²) in [6, 6.07) is 8.40. The molecule has 8 heteroatoms. The van der Waals surface area contributed by atoms with Crippen LogP contribution in [0.3, 0.4) is 0 Å². The SMILES string of the molecule is Cc1cc(C(C)(CCCN)CCCN)cc(C=N[C@@H]2CCCC[C@H]2N=Cc2cc(C(C)(CCCN)CCCN)cc(C)c2O)c1O. The van der Waals surface area contributed by atoms with Crippen LogP contribution < -0.4 is 22.9 Å². The van der Waals surface area contributed by atoms with E-state index in [1.54, 1.807) is 0 Å². The summed E-state index contributed by atoms with van der Waals surface area (Å²) in [5.41, 5.74) is 29.0. The molecule has 1 fully saturated rings. The van der Waals surface area contributed by atoms with E-state index in [4.69, 9.17) is 32.9 Å². The highest BCUT2D eigenvalue weighted by Gasteiger charge is 2.29. The van der Waals surface area contributed by atoms with Gasteiger partial charge >= 0.3 is 0 Å². The van der Waals surface area contributed by atoms with E-state index >= 15 is 0 Å². The van der Waals surface area contributed by atoms with Gasteiger partial charge in [-0.15, -0.1) is 0 Å². The zero-order valence-corrected chi connectivity index (χ0v) is 29.0. The molecule has 2 aromatic rings. The molecule has 2 aromatic carbocycles. The van der Waals surface area contributed by atoms with E-state index < -0.39 is 0 Å². The van der Waals surface area contributed by atoms with Crippen LogP contribution >= 0.6 is 0 Å². The molecule has 10 N–H and O–H groups in total. The van der Waals surface area contributed by atoms with Crippen LogP contribution in [0.5, 0.6) is 11.5 Å². The normalized spacial score (nSPS) is 17.8. The van der Waals surface area contributed by atoms with E-state index in [0.29, 0.717) is 26.2 Å². The van der Waals surface area contributed by atoms with Crippen molar-refractivity contribution in [1.29, 1.82) is 0 Å². The molecule has 3 rings (SSSR count). The minimum atomic E-state index is -0.0726. The average molecular weight is 635 g/mol. The number of aromatic hydroxyl groups is 2. The van der Waals surface area contributed by atoms with Gasteiger partial charge < -0.3 is 33.1 Å². The van der Waals surface area contributed by atoms with Crippen molar-refractivity contribution in [3.8, 4) is 11.5 Å². The van der Waals surface area contributed by atoms with Crippen LogP contribution in [0.2, 0.25) is 0 Å². The molecule has 0 unspecified atom stereocenters. The fourth-order valence-electron chi connectivity index (χ4n) is 7.10. The third-order valence-corrected chi connectivity index (χ3v) is 10.3. The first-order chi connectivity index (χ1) is 22.0. The predicted molar refractivity (Wildman–Crippen MR) is 195 cm³/mol. The Labute approximate surface area is 278 Å². The number of benzene rings is 2. The Morgan fingerprint density at radius 3 is 1.26 bits per heavy atom. The van der Waals surface area contributed by atoms with Gasteiger partial charge in [0.05, 0.1) is 12.1 Å². The van der Waals surface area contributed by atoms with Crippen molar-refractivity contribution in [2.24, 2.45) is 32.9 Å². The fraction of sp³-hybridized carbons (Fsp3) is 0.632. The first-order valence-electron chi connectivity index (χ1n) is 17.6. The van der Waals surface area contributed by atoms with Gasteiger partial charge in [-0.2, -0.15) is 0 Å². The summed E-state index contributed by atoms with van der Waals surface area (Å²) >= 11 is 0. The van der Waals surface area contributed by atoms with E-state index in [9.17, 15) is 10.2 Å². The second-order valence-corrected chi connectivity index (χ2v) is 14.1. The van der Waals surface area contributed by atoms with Gasteiger partial charge in [0.2, 0.25) is 0 Å². The number of rotatable bonds is 18. The fourth-order valence-corrected chi connectivity index (χ4v) is 7.10. The lowest BCUT2D eigenvalue weighted by atomic mass is 9.74. The quantitative estimate of drug-likeness (QED) is 0.109. The van der Waals surface area contributed by atoms with E-state index in [2.05, 4.69) is 38.1 Å². The van der Waals surface area contributed by atoms with Crippen LogP contribution in [0, 0.1) is 13.8 Å². The molecule has 0 spiro atoms. The van der Waals surface area contributed by atoms with Crippen molar-refractivity contribution in [3.63, 3.8) is 0 Å². The van der Waals surface area contributed by atoms with Gasteiger partial charge in [0, 0.05) is 23.6 Å². The first kappa shape index (κ1) is 37.7. The van der Waals surface area contributed by atoms with Crippen LogP contribution in [-0.2, 0) is 10.8 Å². The second kappa shape index (κ2) is 17.9. The molecule has 0 radical (unpaired) electrons. The van der Waals surface area contributed by atoms with Crippen molar-refractivity contribution < 1.29 is 10.2 Å². The van der Waals surface area contributed by atoms with Crippen LogP contribution in [0.15, 0.2) is 34.3 Å². The molecule has 2 atom stereocenters. The lowest BCUT2D eigenvalue weighted by molar-refractivity contribution is 0.381. The number of nitrogens with two attached hydrogens (primary N) is 4. The minimum absolute atomic E-state index is 0.0000212. The Kier molecular flexibility index (Phi) is 14.7. The van der Waals surface area contributed by atoms with Gasteiger partial charge in [-0.1, -0.05) is 38.8 Å². The summed E-state index contributed by atoms with van der Waals surface area (Å²) in [5.74, 6) is 0.542. The number of hydrogen-bond acceptors (Lipinski definition) is 8. The molecule has 1 aliphatic carbocycles. The number of phenolic OH excluding ortho intramolecular Hbond substituents is 2. The maximum Gasteiger partial charge on any atom is 0.127 e. The Morgan fingerprint density at radius 2 is 0.957 bits per heavy atom. The highest BCUT2D eigenvalue weighted by molar-refractivity contribution is 5.86. The summed E-state index contributed by atoms with van der Waals surface area (Å²) in [6.07, 6.45) is 15.4. The van der Waals surface area contributed by atoms with Crippen LogP contribution in [0.4, 0.5) is 0 Å². The molecular formula is C38H62N6O2. The zero-order valence-electron chi connectivity index (χ0n) is 29.0. The molecule has 0 amide bonds. The third-order valence-electron chi connectivity index (χ3n) is 10.3. The number of aryl methyl sites for hydroxylation is 2. The highest BCUT2D eigenvalue weighted by Crippen LogP contribution is 2.39. The summed E-state index contributed by atoms with van der Waals surface area (Å²) in [4.78, 5) is 10.1. The molecule has 256 valence electrons. The molecule has 0 heterocycles. The molecule has 0 bridgehead atoms. The molecule has 1 saturated carbocycles. The molecule has 8 nitrogen and oxygen atoms in total. The van der Waals surface area contributed by atoms with Crippen molar-refractivity contribution >= 4 is 12.4 Å². The molecule has 0 saturated heterocycles. The number of hydrogen-bond donors (Lipinski definition) is 6. The van der Waals surface area contributed by atoms with Crippen molar-refractivity contribution in [2.45, 2.75) is 128 Å². The van der Waals surface area contributed by atoms with Gasteiger partial charge in [-0.25, -0.2) is 0 Å². The average Bonchev–Trinajstić information content (AvgIpc) is 3.05. The number of aliphatic imine (C=N–C) groups is 2. The van der Waals surface area contributed by atoms with Gasteiger partial charge in [0.15, 0.2) is 0 Å². The minimum Gasteiger partial charge on any atom is -0.507 e. The van der Waals surface area contributed by atoms with Gasteiger partial charge in [-0.05, 0) is 149 Å². The van der Waals surface area contributed by atoms with Gasteiger partial charge in [0.25, 0.3) is 0 Å². The summed E-state index contributed by atoms with van der Waals surface area (Å²) in [5, 5.41) is 22.1. The maximum atomic E-state index is 11.0. The Balaban J connectivity index is 1.91. The predicted octanol–water partition coefficient (Wildman–Crippen LogP) is 6.03. The van der Waals surface area contributed by atoms with Crippen molar-refractivity contribution in [3.05, 3.63) is 57.6 Å². The Bertz CT molecular complexity index is 1190. The topological polar surface area (TPSA) is 169 Å². The highest BCUT2D eigenvalue weighted by atomic mass is 16.3. The van der Waals surface area contributed by atoms with Gasteiger partial charge in [0.1, 0.15) is 11.5 Å². The lowest BCUT2D eigenvalue weighted by Crippen LogP contribution is -2.27. The number of nitrogens with zero attached hydrogens (tertiary/aromatic N) is 2. The Morgan fingerprint density at radius 1 is 0.630 bits per heavy atom. The third kappa shape index (κ3) is 9.86.